The number of morpholine rings is 1. The minimum Gasteiger partial charge on any atom is -0.444 e. The first kappa shape index (κ1) is 18.7. The van der Waals surface area contributed by atoms with Gasteiger partial charge in [0.2, 0.25) is 0 Å². The van der Waals surface area contributed by atoms with Gasteiger partial charge in [-0.3, -0.25) is 9.69 Å². The number of nitrogens with zero attached hydrogens (tertiary/aromatic N) is 1. The third kappa shape index (κ3) is 4.95. The molecule has 7 heteroatoms. The molecule has 0 bridgehead atoms. The Bertz CT molecular complexity index is 628. The lowest BCUT2D eigenvalue weighted by Crippen LogP contribution is -2.54. The van der Waals surface area contributed by atoms with Gasteiger partial charge in [0.1, 0.15) is 11.6 Å². The van der Waals surface area contributed by atoms with Crippen LogP contribution in [0.1, 0.15) is 26.3 Å². The van der Waals surface area contributed by atoms with Crippen LogP contribution in [0.2, 0.25) is 0 Å². The molecular formula is C17H23BrN2O4. The summed E-state index contributed by atoms with van der Waals surface area (Å²) in [6.45, 7) is 6.29. The van der Waals surface area contributed by atoms with E-state index >= 15 is 0 Å². The molecule has 1 aromatic rings. The number of ketones is 1. The average Bonchev–Trinajstić information content (AvgIpc) is 2.48. The normalized spacial score (nSPS) is 18.3. The van der Waals surface area contributed by atoms with Crippen molar-refractivity contribution >= 4 is 33.5 Å². The van der Waals surface area contributed by atoms with E-state index in [-0.39, 0.29) is 18.8 Å². The van der Waals surface area contributed by atoms with Gasteiger partial charge < -0.3 is 15.2 Å². The highest BCUT2D eigenvalue weighted by molar-refractivity contribution is 9.10. The minimum absolute atomic E-state index is 0.116. The van der Waals surface area contributed by atoms with E-state index in [1.165, 1.54) is 4.90 Å². The lowest BCUT2D eigenvalue weighted by molar-refractivity contribution is -0.129. The van der Waals surface area contributed by atoms with E-state index in [2.05, 4.69) is 15.9 Å². The number of amides is 1. The van der Waals surface area contributed by atoms with E-state index in [1.807, 2.05) is 6.07 Å². The zero-order valence-corrected chi connectivity index (χ0v) is 15.8. The van der Waals surface area contributed by atoms with Gasteiger partial charge in [-0.25, -0.2) is 4.79 Å². The molecule has 132 valence electrons. The van der Waals surface area contributed by atoms with Gasteiger partial charge in [0.25, 0.3) is 0 Å². The van der Waals surface area contributed by atoms with Crippen LogP contribution in [0.5, 0.6) is 0 Å². The molecule has 24 heavy (non-hydrogen) atoms. The van der Waals surface area contributed by atoms with Gasteiger partial charge >= 0.3 is 6.09 Å². The number of hydrogen-bond donors (Lipinski definition) is 1. The van der Waals surface area contributed by atoms with Crippen LogP contribution < -0.4 is 5.73 Å². The van der Waals surface area contributed by atoms with Crippen molar-refractivity contribution in [1.82, 2.24) is 4.90 Å². The Kier molecular flexibility index (Phi) is 5.87. The number of hydrogen-bond acceptors (Lipinski definition) is 5. The zero-order chi connectivity index (χ0) is 17.9. The largest absolute Gasteiger partial charge is 0.444 e. The van der Waals surface area contributed by atoms with Crippen molar-refractivity contribution in [3.05, 3.63) is 28.2 Å². The maximum absolute atomic E-state index is 12.7. The molecule has 6 nitrogen and oxygen atoms in total. The average molecular weight is 399 g/mol. The molecule has 1 saturated heterocycles. The van der Waals surface area contributed by atoms with Crippen molar-refractivity contribution in [1.29, 1.82) is 0 Å². The van der Waals surface area contributed by atoms with E-state index < -0.39 is 17.7 Å². The van der Waals surface area contributed by atoms with Crippen LogP contribution in [0.3, 0.4) is 0 Å². The molecule has 0 radical (unpaired) electrons. The Balaban J connectivity index is 2.11. The number of benzene rings is 1. The first-order valence-corrected chi connectivity index (χ1v) is 8.60. The van der Waals surface area contributed by atoms with Crippen molar-refractivity contribution in [2.24, 2.45) is 0 Å². The van der Waals surface area contributed by atoms with Crippen LogP contribution >= 0.6 is 15.9 Å². The molecule has 1 heterocycles. The zero-order valence-electron chi connectivity index (χ0n) is 14.2. The molecule has 1 fully saturated rings. The summed E-state index contributed by atoms with van der Waals surface area (Å²) in [7, 11) is 0. The predicted molar refractivity (Wildman–Crippen MR) is 94.8 cm³/mol. The van der Waals surface area contributed by atoms with Crippen LogP contribution in [0.25, 0.3) is 0 Å². The van der Waals surface area contributed by atoms with E-state index in [0.29, 0.717) is 18.8 Å². The number of halogens is 1. The third-order valence-corrected chi connectivity index (χ3v) is 4.09. The molecule has 1 unspecified atom stereocenters. The number of nitrogen functional groups attached to an aromatic ring is 1. The molecule has 1 aromatic carbocycles. The van der Waals surface area contributed by atoms with Crippen LogP contribution in [0.15, 0.2) is 22.7 Å². The summed E-state index contributed by atoms with van der Waals surface area (Å²) in [6, 6.07) is 4.74. The smallest absolute Gasteiger partial charge is 0.411 e. The van der Waals surface area contributed by atoms with Crippen LogP contribution in [-0.2, 0) is 20.7 Å². The fourth-order valence-electron chi connectivity index (χ4n) is 2.44. The molecule has 2 rings (SSSR count). The van der Waals surface area contributed by atoms with Crippen molar-refractivity contribution in [2.45, 2.75) is 38.8 Å². The molecule has 1 aliphatic heterocycles. The fourth-order valence-corrected chi connectivity index (χ4v) is 2.82. The maximum Gasteiger partial charge on any atom is 0.411 e. The number of carbonyl (C=O) groups is 2. The highest BCUT2D eigenvalue weighted by atomic mass is 79.9. The van der Waals surface area contributed by atoms with Gasteiger partial charge in [0.15, 0.2) is 5.78 Å². The summed E-state index contributed by atoms with van der Waals surface area (Å²) in [5, 5.41) is 0. The molecule has 0 saturated carbocycles. The monoisotopic (exact) mass is 398 g/mol. The van der Waals surface area contributed by atoms with Crippen molar-refractivity contribution < 1.29 is 19.1 Å². The summed E-state index contributed by atoms with van der Waals surface area (Å²) in [6.07, 6.45) is -0.347. The second-order valence-corrected chi connectivity index (χ2v) is 7.67. The number of Topliss-reactive ketones (excluding diaryl/α,β-unsaturated/α-hetero) is 1. The van der Waals surface area contributed by atoms with E-state index in [4.69, 9.17) is 15.2 Å². The molecule has 1 amide bonds. The van der Waals surface area contributed by atoms with Gasteiger partial charge in [-0.1, -0.05) is 22.0 Å². The molecule has 2 N–H and O–H groups in total. The molecular weight excluding hydrogens is 376 g/mol. The SMILES string of the molecule is CC(C)(C)OC(=O)N1CCOCC1C(=O)Cc1ccc(Br)cc1N. The summed E-state index contributed by atoms with van der Waals surface area (Å²) in [5.41, 5.74) is 6.62. The summed E-state index contributed by atoms with van der Waals surface area (Å²) >= 11 is 3.34. The Morgan fingerprint density at radius 2 is 2.12 bits per heavy atom. The number of ether oxygens (including phenoxy) is 2. The Morgan fingerprint density at radius 1 is 1.42 bits per heavy atom. The van der Waals surface area contributed by atoms with Crippen LogP contribution in [0, 0.1) is 0 Å². The second kappa shape index (κ2) is 7.53. The second-order valence-electron chi connectivity index (χ2n) is 6.75. The van der Waals surface area contributed by atoms with Gasteiger partial charge in [0, 0.05) is 23.1 Å². The Morgan fingerprint density at radius 3 is 2.75 bits per heavy atom. The molecule has 1 atom stereocenters. The summed E-state index contributed by atoms with van der Waals surface area (Å²) in [5.74, 6) is -0.116. The van der Waals surface area contributed by atoms with E-state index in [0.717, 1.165) is 10.0 Å². The number of anilines is 1. The standard InChI is InChI=1S/C17H23BrN2O4/c1-17(2,3)24-16(22)20-6-7-23-10-14(20)15(21)8-11-4-5-12(18)9-13(11)19/h4-5,9,14H,6-8,10,19H2,1-3H3. The van der Waals surface area contributed by atoms with Gasteiger partial charge in [0.05, 0.1) is 13.2 Å². The first-order valence-electron chi connectivity index (χ1n) is 7.81. The third-order valence-electron chi connectivity index (χ3n) is 3.60. The Labute approximate surface area is 150 Å². The van der Waals surface area contributed by atoms with E-state index in [9.17, 15) is 9.59 Å². The number of nitrogens with two attached hydrogens (primary N) is 1. The fraction of sp³-hybridized carbons (Fsp3) is 0.529. The lowest BCUT2D eigenvalue weighted by Gasteiger charge is -2.35. The number of rotatable bonds is 3. The number of carbonyl (C=O) groups excluding carboxylic acids is 2. The van der Waals surface area contributed by atoms with Gasteiger partial charge in [-0.05, 0) is 38.5 Å². The maximum atomic E-state index is 12.7. The van der Waals surface area contributed by atoms with Crippen LogP contribution in [0.4, 0.5) is 10.5 Å². The molecule has 0 aliphatic carbocycles. The Hall–Kier alpha value is -1.60. The van der Waals surface area contributed by atoms with Gasteiger partial charge in [-0.2, -0.15) is 0 Å². The van der Waals surface area contributed by atoms with Crippen molar-refractivity contribution in [3.63, 3.8) is 0 Å². The highest BCUT2D eigenvalue weighted by Crippen LogP contribution is 2.21. The summed E-state index contributed by atoms with van der Waals surface area (Å²) in [4.78, 5) is 26.5. The quantitative estimate of drug-likeness (QED) is 0.791. The lowest BCUT2D eigenvalue weighted by atomic mass is 10.0. The molecule has 1 aliphatic rings. The topological polar surface area (TPSA) is 81.9 Å². The molecule has 0 aromatic heterocycles. The van der Waals surface area contributed by atoms with Crippen molar-refractivity contribution in [2.75, 3.05) is 25.5 Å². The minimum atomic E-state index is -0.656. The highest BCUT2D eigenvalue weighted by Gasteiger charge is 2.35. The van der Waals surface area contributed by atoms with E-state index in [1.54, 1.807) is 32.9 Å². The van der Waals surface area contributed by atoms with Gasteiger partial charge in [-0.15, -0.1) is 0 Å². The summed E-state index contributed by atoms with van der Waals surface area (Å²) < 4.78 is 11.6. The van der Waals surface area contributed by atoms with Crippen LogP contribution in [-0.4, -0.2) is 48.2 Å². The predicted octanol–water partition coefficient (Wildman–Crippen LogP) is 2.78. The first-order chi connectivity index (χ1) is 11.2. The molecule has 0 spiro atoms. The van der Waals surface area contributed by atoms with Crippen molar-refractivity contribution in [3.8, 4) is 0 Å².